The molecule has 4 heteroatoms. The van der Waals surface area contributed by atoms with Crippen molar-refractivity contribution in [1.82, 2.24) is 0 Å². The van der Waals surface area contributed by atoms with Gasteiger partial charge in [-0.25, -0.2) is 0 Å². The zero-order valence-electron chi connectivity index (χ0n) is 8.47. The largest absolute Gasteiger partial charge is 0.494 e. The first-order valence-electron chi connectivity index (χ1n) is 4.84. The maximum Gasteiger partial charge on any atom is 0.178 e. The highest BCUT2D eigenvalue weighted by atomic mass is 79.9. The number of unbranched alkanes of at least 4 members (excludes halogenated alkanes) is 1. The Morgan fingerprint density at radius 2 is 1.87 bits per heavy atom. The molecule has 0 heterocycles. The van der Waals surface area contributed by atoms with E-state index in [-0.39, 0.29) is 0 Å². The summed E-state index contributed by atoms with van der Waals surface area (Å²) in [4.78, 5) is 0. The normalized spacial score (nSPS) is 11.5. The third-order valence-corrected chi connectivity index (χ3v) is 3.08. The van der Waals surface area contributed by atoms with Crippen molar-refractivity contribution >= 4 is 43.5 Å². The average Bonchev–Trinajstić information content (AvgIpc) is 2.18. The third kappa shape index (κ3) is 4.75. The summed E-state index contributed by atoms with van der Waals surface area (Å²) in [5, 5.41) is 0. The summed E-state index contributed by atoms with van der Waals surface area (Å²) in [7, 11) is 0. The van der Waals surface area contributed by atoms with Crippen molar-refractivity contribution in [2.75, 3.05) is 6.61 Å². The van der Waals surface area contributed by atoms with Crippen LogP contribution in [0.4, 0.5) is 0 Å². The zero-order valence-corrected chi connectivity index (χ0v) is 12.4. The first-order valence-corrected chi connectivity index (χ1v) is 6.80. The lowest BCUT2D eigenvalue weighted by atomic mass is 10.2. The van der Waals surface area contributed by atoms with Gasteiger partial charge >= 0.3 is 0 Å². The molecule has 1 nitrogen and oxygen atoms in total. The van der Waals surface area contributed by atoms with Crippen LogP contribution in [0.2, 0.25) is 0 Å². The highest BCUT2D eigenvalue weighted by Crippen LogP contribution is 2.42. The molecular weight excluding hydrogens is 343 g/mol. The minimum absolute atomic E-state index is 0.679. The highest BCUT2D eigenvalue weighted by Gasteiger charge is 2.20. The molecule has 0 saturated heterocycles. The molecular formula is C11H13Br2ClO. The van der Waals surface area contributed by atoms with E-state index in [0.29, 0.717) is 0 Å². The average molecular weight is 356 g/mol. The lowest BCUT2D eigenvalue weighted by molar-refractivity contribution is 0.309. The molecule has 1 rings (SSSR count). The predicted molar refractivity (Wildman–Crippen MR) is 72.2 cm³/mol. The summed E-state index contributed by atoms with van der Waals surface area (Å²) in [6, 6.07) is 7.70. The first kappa shape index (κ1) is 13.3. The predicted octanol–water partition coefficient (Wildman–Crippen LogP) is 5.00. The molecule has 0 amide bonds. The van der Waals surface area contributed by atoms with E-state index < -0.39 is 2.69 Å². The summed E-state index contributed by atoms with van der Waals surface area (Å²) in [6.45, 7) is 2.91. The Hall–Kier alpha value is 0.270. The molecule has 15 heavy (non-hydrogen) atoms. The molecule has 0 aromatic heterocycles. The van der Waals surface area contributed by atoms with Crippen LogP contribution >= 0.6 is 43.5 Å². The summed E-state index contributed by atoms with van der Waals surface area (Å²) >= 11 is 12.7. The Bertz CT molecular complexity index is 292. The van der Waals surface area contributed by atoms with Crippen molar-refractivity contribution in [3.63, 3.8) is 0 Å². The van der Waals surface area contributed by atoms with Crippen LogP contribution in [0.25, 0.3) is 0 Å². The van der Waals surface area contributed by atoms with E-state index in [9.17, 15) is 0 Å². The van der Waals surface area contributed by atoms with Gasteiger partial charge in [-0.15, -0.1) is 0 Å². The number of rotatable bonds is 5. The highest BCUT2D eigenvalue weighted by molar-refractivity contribution is 9.25. The van der Waals surface area contributed by atoms with Crippen molar-refractivity contribution in [2.45, 2.75) is 22.5 Å². The molecule has 1 aromatic rings. The molecule has 0 aliphatic heterocycles. The molecule has 0 radical (unpaired) electrons. The van der Waals surface area contributed by atoms with Crippen molar-refractivity contribution in [3.05, 3.63) is 29.8 Å². The number of halogens is 3. The van der Waals surface area contributed by atoms with E-state index in [1.165, 1.54) is 0 Å². The van der Waals surface area contributed by atoms with Crippen LogP contribution in [-0.4, -0.2) is 6.61 Å². The topological polar surface area (TPSA) is 9.23 Å². The molecule has 0 aliphatic rings. The van der Waals surface area contributed by atoms with Crippen molar-refractivity contribution < 1.29 is 4.74 Å². The van der Waals surface area contributed by atoms with Crippen LogP contribution in [0.1, 0.15) is 25.3 Å². The molecule has 0 saturated carbocycles. The zero-order chi connectivity index (χ0) is 11.3. The van der Waals surface area contributed by atoms with Gasteiger partial charge < -0.3 is 4.74 Å². The Morgan fingerprint density at radius 1 is 1.27 bits per heavy atom. The minimum atomic E-state index is -0.679. The summed E-state index contributed by atoms with van der Waals surface area (Å²) in [5.41, 5.74) is 0.951. The molecule has 0 spiro atoms. The Morgan fingerprint density at radius 3 is 2.33 bits per heavy atom. The van der Waals surface area contributed by atoms with Crippen LogP contribution in [-0.2, 0) is 2.69 Å². The molecule has 0 aliphatic carbocycles. The van der Waals surface area contributed by atoms with E-state index >= 15 is 0 Å². The number of benzene rings is 1. The molecule has 0 N–H and O–H groups in total. The van der Waals surface area contributed by atoms with Crippen molar-refractivity contribution in [2.24, 2.45) is 0 Å². The van der Waals surface area contributed by atoms with Crippen LogP contribution in [0.3, 0.4) is 0 Å². The second-order valence-electron chi connectivity index (χ2n) is 3.22. The molecule has 84 valence electrons. The Labute approximate surface area is 112 Å². The molecule has 0 bridgehead atoms. The van der Waals surface area contributed by atoms with Crippen molar-refractivity contribution in [1.29, 1.82) is 0 Å². The van der Waals surface area contributed by atoms with Crippen LogP contribution in [0.5, 0.6) is 5.75 Å². The summed E-state index contributed by atoms with van der Waals surface area (Å²) in [5.74, 6) is 0.883. The minimum Gasteiger partial charge on any atom is -0.494 e. The van der Waals surface area contributed by atoms with Gasteiger partial charge in [0.1, 0.15) is 5.75 Å². The van der Waals surface area contributed by atoms with Gasteiger partial charge in [0.2, 0.25) is 0 Å². The number of hydrogen-bond acceptors (Lipinski definition) is 1. The van der Waals surface area contributed by atoms with E-state index in [1.54, 1.807) is 0 Å². The lowest BCUT2D eigenvalue weighted by Gasteiger charge is -2.12. The van der Waals surface area contributed by atoms with Gasteiger partial charge in [0.05, 0.1) is 6.61 Å². The van der Waals surface area contributed by atoms with Crippen molar-refractivity contribution in [3.8, 4) is 5.75 Å². The smallest absolute Gasteiger partial charge is 0.178 e. The lowest BCUT2D eigenvalue weighted by Crippen LogP contribution is -1.99. The second kappa shape index (κ2) is 6.12. The van der Waals surface area contributed by atoms with E-state index in [0.717, 1.165) is 30.8 Å². The number of alkyl halides is 3. The van der Waals surface area contributed by atoms with Gasteiger partial charge in [-0.05, 0) is 56.0 Å². The standard InChI is InChI=1S/C11H13Br2ClO/c1-2-3-8-15-10-6-4-9(5-7-10)11(12,13)14/h4-7H,2-3,8H2,1H3. The second-order valence-corrected chi connectivity index (χ2v) is 8.15. The fourth-order valence-electron chi connectivity index (χ4n) is 1.07. The Balaban J connectivity index is 2.57. The van der Waals surface area contributed by atoms with Gasteiger partial charge in [-0.2, -0.15) is 0 Å². The number of hydrogen-bond donors (Lipinski definition) is 0. The maximum atomic E-state index is 6.03. The summed E-state index contributed by atoms with van der Waals surface area (Å²) < 4.78 is 4.86. The van der Waals surface area contributed by atoms with Gasteiger partial charge in [0, 0.05) is 0 Å². The monoisotopic (exact) mass is 354 g/mol. The molecule has 0 unspecified atom stereocenters. The van der Waals surface area contributed by atoms with Gasteiger partial charge in [-0.3, -0.25) is 0 Å². The van der Waals surface area contributed by atoms with E-state index in [1.807, 2.05) is 24.3 Å². The fourth-order valence-corrected chi connectivity index (χ4v) is 1.73. The maximum absolute atomic E-state index is 6.03. The van der Waals surface area contributed by atoms with E-state index in [4.69, 9.17) is 16.3 Å². The fraction of sp³-hybridized carbons (Fsp3) is 0.455. The van der Waals surface area contributed by atoms with Crippen LogP contribution in [0, 0.1) is 0 Å². The molecule has 0 fully saturated rings. The SMILES string of the molecule is CCCCOc1ccc(C(Cl)(Br)Br)cc1. The van der Waals surface area contributed by atoms with Crippen LogP contribution < -0.4 is 4.74 Å². The number of ether oxygens (including phenoxy) is 1. The van der Waals surface area contributed by atoms with Gasteiger partial charge in [0.15, 0.2) is 2.69 Å². The van der Waals surface area contributed by atoms with Gasteiger partial charge in [-0.1, -0.05) is 37.1 Å². The van der Waals surface area contributed by atoms with Crippen LogP contribution in [0.15, 0.2) is 24.3 Å². The molecule has 0 atom stereocenters. The van der Waals surface area contributed by atoms with Gasteiger partial charge in [0.25, 0.3) is 0 Å². The third-order valence-electron chi connectivity index (χ3n) is 1.95. The first-order chi connectivity index (χ1) is 7.04. The molecule has 1 aromatic carbocycles. The summed E-state index contributed by atoms with van der Waals surface area (Å²) in [6.07, 6.45) is 2.23. The van der Waals surface area contributed by atoms with E-state index in [2.05, 4.69) is 38.8 Å². The quantitative estimate of drug-likeness (QED) is 0.533. The Kier molecular flexibility index (Phi) is 5.44.